The molecule has 1 aromatic carbocycles. The van der Waals surface area contributed by atoms with Crippen molar-refractivity contribution in [3.8, 4) is 5.75 Å². The molecule has 0 aromatic heterocycles. The summed E-state index contributed by atoms with van der Waals surface area (Å²) in [6, 6.07) is 5.96. The fraction of sp³-hybridized carbons (Fsp3) is 0.400. The van der Waals surface area contributed by atoms with Gasteiger partial charge in [-0.2, -0.15) is 0 Å². The van der Waals surface area contributed by atoms with Gasteiger partial charge in [-0.25, -0.2) is 0 Å². The van der Waals surface area contributed by atoms with Gasteiger partial charge >= 0.3 is 0 Å². The summed E-state index contributed by atoms with van der Waals surface area (Å²) in [5.41, 5.74) is 0.0518. The van der Waals surface area contributed by atoms with E-state index >= 15 is 0 Å². The van der Waals surface area contributed by atoms with Crippen molar-refractivity contribution < 1.29 is 14.8 Å². The van der Waals surface area contributed by atoms with Gasteiger partial charge in [0.1, 0.15) is 11.9 Å². The third kappa shape index (κ3) is 2.24. The zero-order valence-corrected chi connectivity index (χ0v) is 8.00. The van der Waals surface area contributed by atoms with Crippen LogP contribution in [-0.2, 0) is 0 Å². The molecule has 0 bridgehead atoms. The Labute approximate surface area is 86.4 Å². The van der Waals surface area contributed by atoms with Crippen molar-refractivity contribution in [3.05, 3.63) is 34.4 Å². The molecule has 1 saturated carbocycles. The van der Waals surface area contributed by atoms with Crippen LogP contribution >= 0.6 is 0 Å². The summed E-state index contributed by atoms with van der Waals surface area (Å²) in [7, 11) is 0. The van der Waals surface area contributed by atoms with E-state index in [4.69, 9.17) is 9.84 Å². The molecule has 2 rings (SSSR count). The highest BCUT2D eigenvalue weighted by atomic mass is 16.6. The molecule has 0 unspecified atom stereocenters. The molecule has 0 aliphatic heterocycles. The topological polar surface area (TPSA) is 72.6 Å². The SMILES string of the molecule is O=[N+]([O-])c1ccc(OC2CC(O)C2)cc1. The largest absolute Gasteiger partial charge is 0.490 e. The average molecular weight is 209 g/mol. The van der Waals surface area contributed by atoms with Crippen LogP contribution in [0.15, 0.2) is 24.3 Å². The number of nitro benzene ring substituents is 1. The van der Waals surface area contributed by atoms with Crippen molar-refractivity contribution in [3.63, 3.8) is 0 Å². The number of rotatable bonds is 3. The minimum atomic E-state index is -0.448. The summed E-state index contributed by atoms with van der Waals surface area (Å²) in [5, 5.41) is 19.4. The number of ether oxygens (including phenoxy) is 1. The highest BCUT2D eigenvalue weighted by molar-refractivity contribution is 5.36. The Morgan fingerprint density at radius 3 is 2.40 bits per heavy atom. The van der Waals surface area contributed by atoms with E-state index in [9.17, 15) is 10.1 Å². The average Bonchev–Trinajstić information content (AvgIpc) is 2.16. The van der Waals surface area contributed by atoms with Crippen LogP contribution in [0.2, 0.25) is 0 Å². The summed E-state index contributed by atoms with van der Waals surface area (Å²) in [4.78, 5) is 9.93. The summed E-state index contributed by atoms with van der Waals surface area (Å²) in [6.45, 7) is 0. The van der Waals surface area contributed by atoms with Gasteiger partial charge in [0.2, 0.25) is 0 Å². The van der Waals surface area contributed by atoms with E-state index in [-0.39, 0.29) is 17.9 Å². The summed E-state index contributed by atoms with van der Waals surface area (Å²) < 4.78 is 5.47. The number of aliphatic hydroxyl groups excluding tert-OH is 1. The van der Waals surface area contributed by atoms with Crippen molar-refractivity contribution in [1.82, 2.24) is 0 Å². The van der Waals surface area contributed by atoms with E-state index < -0.39 is 4.92 Å². The van der Waals surface area contributed by atoms with Gasteiger partial charge in [-0.1, -0.05) is 0 Å². The molecule has 0 radical (unpaired) electrons. The molecule has 5 heteroatoms. The molecule has 1 N–H and O–H groups in total. The first-order valence-electron chi connectivity index (χ1n) is 4.74. The minimum Gasteiger partial charge on any atom is -0.490 e. The Morgan fingerprint density at radius 2 is 1.93 bits per heavy atom. The first-order valence-corrected chi connectivity index (χ1v) is 4.74. The first kappa shape index (κ1) is 9.92. The third-order valence-electron chi connectivity index (χ3n) is 2.42. The van der Waals surface area contributed by atoms with E-state index in [2.05, 4.69) is 0 Å². The fourth-order valence-electron chi connectivity index (χ4n) is 1.47. The zero-order chi connectivity index (χ0) is 10.8. The van der Waals surface area contributed by atoms with Gasteiger partial charge < -0.3 is 9.84 Å². The maximum atomic E-state index is 10.4. The molecule has 80 valence electrons. The standard InChI is InChI=1S/C10H11NO4/c12-8-5-10(6-8)15-9-3-1-7(2-4-9)11(13)14/h1-4,8,10,12H,5-6H2. The molecule has 1 fully saturated rings. The smallest absolute Gasteiger partial charge is 0.269 e. The highest BCUT2D eigenvalue weighted by Crippen LogP contribution is 2.26. The lowest BCUT2D eigenvalue weighted by Gasteiger charge is -2.31. The van der Waals surface area contributed by atoms with Crippen LogP contribution in [-0.4, -0.2) is 22.2 Å². The Hall–Kier alpha value is -1.62. The molecule has 5 nitrogen and oxygen atoms in total. The van der Waals surface area contributed by atoms with Crippen molar-refractivity contribution in [2.75, 3.05) is 0 Å². The molecule has 0 heterocycles. The maximum absolute atomic E-state index is 10.4. The van der Waals surface area contributed by atoms with Gasteiger partial charge in [-0.05, 0) is 12.1 Å². The summed E-state index contributed by atoms with van der Waals surface area (Å²) in [6.07, 6.45) is 1.06. The second-order valence-electron chi connectivity index (χ2n) is 3.62. The second-order valence-corrected chi connectivity index (χ2v) is 3.62. The van der Waals surface area contributed by atoms with E-state index in [1.54, 1.807) is 12.1 Å². The van der Waals surface area contributed by atoms with Crippen LogP contribution in [0.25, 0.3) is 0 Å². The predicted octanol–water partition coefficient (Wildman–Crippen LogP) is 1.50. The van der Waals surface area contributed by atoms with E-state index in [1.165, 1.54) is 12.1 Å². The van der Waals surface area contributed by atoms with E-state index in [0.29, 0.717) is 18.6 Å². The quantitative estimate of drug-likeness (QED) is 0.604. The van der Waals surface area contributed by atoms with Crippen LogP contribution in [0.5, 0.6) is 5.75 Å². The lowest BCUT2D eigenvalue weighted by atomic mass is 9.92. The monoisotopic (exact) mass is 209 g/mol. The van der Waals surface area contributed by atoms with Crippen molar-refractivity contribution >= 4 is 5.69 Å². The fourth-order valence-corrected chi connectivity index (χ4v) is 1.47. The number of hydrogen-bond acceptors (Lipinski definition) is 4. The Balaban J connectivity index is 1.95. The number of benzene rings is 1. The normalized spacial score (nSPS) is 24.3. The van der Waals surface area contributed by atoms with E-state index in [0.717, 1.165) is 0 Å². The molecule has 0 spiro atoms. The number of nitrogens with zero attached hydrogens (tertiary/aromatic N) is 1. The van der Waals surface area contributed by atoms with Gasteiger partial charge in [0, 0.05) is 25.0 Å². The number of nitro groups is 1. The molecule has 0 saturated heterocycles. The Kier molecular flexibility index (Phi) is 2.55. The lowest BCUT2D eigenvalue weighted by molar-refractivity contribution is -0.384. The molecule has 15 heavy (non-hydrogen) atoms. The predicted molar refractivity (Wildman–Crippen MR) is 52.8 cm³/mol. The van der Waals surface area contributed by atoms with Crippen LogP contribution in [0, 0.1) is 10.1 Å². The second kappa shape index (κ2) is 3.86. The van der Waals surface area contributed by atoms with Crippen LogP contribution in [0.3, 0.4) is 0 Å². The van der Waals surface area contributed by atoms with Crippen molar-refractivity contribution in [2.45, 2.75) is 25.0 Å². The maximum Gasteiger partial charge on any atom is 0.269 e. The van der Waals surface area contributed by atoms with Crippen molar-refractivity contribution in [2.24, 2.45) is 0 Å². The van der Waals surface area contributed by atoms with Gasteiger partial charge in [-0.3, -0.25) is 10.1 Å². The van der Waals surface area contributed by atoms with Crippen LogP contribution in [0.4, 0.5) is 5.69 Å². The molecule has 1 aliphatic rings. The van der Waals surface area contributed by atoms with Gasteiger partial charge in [0.05, 0.1) is 11.0 Å². The van der Waals surface area contributed by atoms with E-state index in [1.807, 2.05) is 0 Å². The molecular weight excluding hydrogens is 198 g/mol. The Bertz CT molecular complexity index is 356. The number of hydrogen-bond donors (Lipinski definition) is 1. The number of aliphatic hydroxyl groups is 1. The molecule has 0 amide bonds. The van der Waals surface area contributed by atoms with Crippen molar-refractivity contribution in [1.29, 1.82) is 0 Å². The zero-order valence-electron chi connectivity index (χ0n) is 8.00. The minimum absolute atomic E-state index is 0.0430. The van der Waals surface area contributed by atoms with Gasteiger partial charge in [-0.15, -0.1) is 0 Å². The van der Waals surface area contributed by atoms with Crippen LogP contribution in [0.1, 0.15) is 12.8 Å². The molecule has 0 atom stereocenters. The molecular formula is C10H11NO4. The Morgan fingerprint density at radius 1 is 1.33 bits per heavy atom. The van der Waals surface area contributed by atoms with Gasteiger partial charge in [0.25, 0.3) is 5.69 Å². The highest BCUT2D eigenvalue weighted by Gasteiger charge is 2.28. The number of non-ortho nitro benzene ring substituents is 1. The van der Waals surface area contributed by atoms with Crippen LogP contribution < -0.4 is 4.74 Å². The lowest BCUT2D eigenvalue weighted by Crippen LogP contribution is -2.37. The summed E-state index contributed by atoms with van der Waals surface area (Å²) in [5.74, 6) is 0.609. The first-order chi connectivity index (χ1) is 7.15. The molecule has 1 aromatic rings. The third-order valence-corrected chi connectivity index (χ3v) is 2.42. The molecule has 1 aliphatic carbocycles. The summed E-state index contributed by atoms with van der Waals surface area (Å²) >= 11 is 0. The van der Waals surface area contributed by atoms with Gasteiger partial charge in [0.15, 0.2) is 0 Å².